The number of halogens is 4. The van der Waals surface area contributed by atoms with Crippen LogP contribution in [0.1, 0.15) is 28.2 Å². The number of benzene rings is 1. The summed E-state index contributed by atoms with van der Waals surface area (Å²) in [4.78, 5) is 10.8. The molecule has 1 aromatic carbocycles. The van der Waals surface area contributed by atoms with Gasteiger partial charge in [0, 0.05) is 0 Å². The fourth-order valence-electron chi connectivity index (χ4n) is 1.62. The summed E-state index contributed by atoms with van der Waals surface area (Å²) >= 11 is 11.6. The van der Waals surface area contributed by atoms with E-state index in [2.05, 4.69) is 10.3 Å². The number of carboxylic acids is 1. The number of carbonyl (C=O) groups is 1. The third-order valence-corrected chi connectivity index (χ3v) is 3.24. The first kappa shape index (κ1) is 14.7. The Morgan fingerprint density at radius 3 is 2.60 bits per heavy atom. The van der Waals surface area contributed by atoms with E-state index in [1.54, 1.807) is 6.07 Å². The van der Waals surface area contributed by atoms with E-state index in [1.165, 1.54) is 12.1 Å². The van der Waals surface area contributed by atoms with Crippen LogP contribution in [0.15, 0.2) is 18.2 Å². The molecule has 106 valence electrons. The van der Waals surface area contributed by atoms with Crippen molar-refractivity contribution in [1.82, 2.24) is 15.0 Å². The second-order valence-corrected chi connectivity index (χ2v) is 4.65. The van der Waals surface area contributed by atoms with E-state index in [9.17, 15) is 13.6 Å². The number of aromatic carboxylic acids is 1. The van der Waals surface area contributed by atoms with Crippen molar-refractivity contribution in [2.75, 3.05) is 0 Å². The molecule has 9 heteroatoms. The van der Waals surface area contributed by atoms with E-state index in [4.69, 9.17) is 28.3 Å². The zero-order valence-electron chi connectivity index (χ0n) is 9.73. The third kappa shape index (κ3) is 2.88. The Morgan fingerprint density at radius 2 is 2.05 bits per heavy atom. The van der Waals surface area contributed by atoms with Crippen molar-refractivity contribution in [3.63, 3.8) is 0 Å². The van der Waals surface area contributed by atoms with Crippen molar-refractivity contribution >= 4 is 29.2 Å². The molecule has 0 spiro atoms. The molecule has 20 heavy (non-hydrogen) atoms. The molecule has 0 aliphatic carbocycles. The highest BCUT2D eigenvalue weighted by molar-refractivity contribution is 6.42. The summed E-state index contributed by atoms with van der Waals surface area (Å²) in [6.07, 6.45) is -3.00. The molecule has 1 heterocycles. The van der Waals surface area contributed by atoms with Gasteiger partial charge in [-0.25, -0.2) is 18.3 Å². The molecule has 0 fully saturated rings. The third-order valence-electron chi connectivity index (χ3n) is 2.50. The van der Waals surface area contributed by atoms with Gasteiger partial charge in [0.2, 0.25) is 0 Å². The van der Waals surface area contributed by atoms with E-state index in [0.29, 0.717) is 10.6 Å². The number of aromatic nitrogens is 3. The summed E-state index contributed by atoms with van der Waals surface area (Å²) in [6, 6.07) is 4.57. The maximum Gasteiger partial charge on any atom is 0.358 e. The Hall–Kier alpha value is -1.73. The second kappa shape index (κ2) is 5.72. The molecule has 0 bridgehead atoms. The minimum absolute atomic E-state index is 0.0865. The first-order chi connectivity index (χ1) is 9.40. The van der Waals surface area contributed by atoms with Gasteiger partial charge in [0.25, 0.3) is 6.43 Å². The highest BCUT2D eigenvalue weighted by Gasteiger charge is 2.26. The fourth-order valence-corrected chi connectivity index (χ4v) is 1.94. The number of carboxylic acid groups (broad SMARTS) is 1. The van der Waals surface area contributed by atoms with Crippen molar-refractivity contribution in [3.8, 4) is 0 Å². The predicted octanol–water partition coefficient (Wildman–Crippen LogP) is 3.27. The van der Waals surface area contributed by atoms with Crippen LogP contribution in [0.2, 0.25) is 10.0 Å². The molecule has 0 radical (unpaired) electrons. The fraction of sp³-hybridized carbons (Fsp3) is 0.182. The Bertz CT molecular complexity index is 661. The lowest BCUT2D eigenvalue weighted by atomic mass is 10.2. The molecular weight excluding hydrogens is 315 g/mol. The topological polar surface area (TPSA) is 68.0 Å². The number of alkyl halides is 2. The zero-order valence-corrected chi connectivity index (χ0v) is 11.2. The van der Waals surface area contributed by atoms with Crippen molar-refractivity contribution in [2.24, 2.45) is 0 Å². The molecule has 0 unspecified atom stereocenters. The van der Waals surface area contributed by atoms with Crippen LogP contribution in [0.5, 0.6) is 0 Å². The highest BCUT2D eigenvalue weighted by atomic mass is 35.5. The van der Waals surface area contributed by atoms with Gasteiger partial charge in [0.15, 0.2) is 5.69 Å². The van der Waals surface area contributed by atoms with Gasteiger partial charge < -0.3 is 5.11 Å². The quantitative estimate of drug-likeness (QED) is 0.938. The molecule has 0 atom stereocenters. The first-order valence-corrected chi connectivity index (χ1v) is 6.04. The van der Waals surface area contributed by atoms with Gasteiger partial charge in [-0.05, 0) is 17.7 Å². The summed E-state index contributed by atoms with van der Waals surface area (Å²) in [5, 5.41) is 16.1. The summed E-state index contributed by atoms with van der Waals surface area (Å²) in [5.41, 5.74) is -0.966. The molecule has 0 aliphatic rings. The van der Waals surface area contributed by atoms with Crippen LogP contribution in [0, 0.1) is 0 Å². The molecule has 2 aromatic rings. The second-order valence-electron chi connectivity index (χ2n) is 3.84. The van der Waals surface area contributed by atoms with Crippen LogP contribution in [-0.2, 0) is 6.54 Å². The molecule has 1 aromatic heterocycles. The van der Waals surface area contributed by atoms with Gasteiger partial charge in [-0.15, -0.1) is 5.10 Å². The van der Waals surface area contributed by atoms with Gasteiger partial charge in [-0.3, -0.25) is 0 Å². The number of nitrogens with zero attached hydrogens (tertiary/aromatic N) is 3. The Kier molecular flexibility index (Phi) is 4.20. The highest BCUT2D eigenvalue weighted by Crippen LogP contribution is 2.25. The van der Waals surface area contributed by atoms with E-state index >= 15 is 0 Å². The zero-order chi connectivity index (χ0) is 14.9. The van der Waals surface area contributed by atoms with E-state index < -0.39 is 23.8 Å². The summed E-state index contributed by atoms with van der Waals surface area (Å²) in [7, 11) is 0. The maximum atomic E-state index is 12.9. The van der Waals surface area contributed by atoms with E-state index in [0.717, 1.165) is 4.68 Å². The SMILES string of the molecule is O=C(O)c1nnn(Cc2ccc(Cl)c(Cl)c2)c1C(F)F. The van der Waals surface area contributed by atoms with Crippen LogP contribution in [-0.4, -0.2) is 26.1 Å². The normalized spacial score (nSPS) is 11.1. The number of hydrogen-bond acceptors (Lipinski definition) is 3. The molecule has 0 saturated heterocycles. The van der Waals surface area contributed by atoms with Crippen LogP contribution < -0.4 is 0 Å². The van der Waals surface area contributed by atoms with Crippen LogP contribution in [0.4, 0.5) is 8.78 Å². The van der Waals surface area contributed by atoms with Crippen LogP contribution in [0.3, 0.4) is 0 Å². The molecule has 0 amide bonds. The van der Waals surface area contributed by atoms with E-state index in [-0.39, 0.29) is 11.6 Å². The predicted molar refractivity (Wildman–Crippen MR) is 67.5 cm³/mol. The molecule has 0 saturated carbocycles. The Labute approximate surface area is 121 Å². The van der Waals surface area contributed by atoms with Crippen molar-refractivity contribution in [2.45, 2.75) is 13.0 Å². The molecule has 5 nitrogen and oxygen atoms in total. The minimum atomic E-state index is -3.00. The van der Waals surface area contributed by atoms with Crippen LogP contribution >= 0.6 is 23.2 Å². The lowest BCUT2D eigenvalue weighted by molar-refractivity contribution is 0.0675. The standard InChI is InChI=1S/C11H7Cl2F2N3O2/c12-6-2-1-5(3-7(6)13)4-18-9(10(14)15)8(11(19)20)16-17-18/h1-3,10H,4H2,(H,19,20). The number of hydrogen-bond donors (Lipinski definition) is 1. The summed E-state index contributed by atoms with van der Waals surface area (Å²) < 4.78 is 26.7. The lowest BCUT2D eigenvalue weighted by Gasteiger charge is -2.07. The lowest BCUT2D eigenvalue weighted by Crippen LogP contribution is -2.10. The van der Waals surface area contributed by atoms with Gasteiger partial charge in [0.1, 0.15) is 5.69 Å². The average Bonchev–Trinajstić information content (AvgIpc) is 2.78. The molecule has 2 rings (SSSR count). The van der Waals surface area contributed by atoms with Gasteiger partial charge in [-0.1, -0.05) is 34.5 Å². The van der Waals surface area contributed by atoms with Gasteiger partial charge in [-0.2, -0.15) is 0 Å². The molecule has 0 aliphatic heterocycles. The summed E-state index contributed by atoms with van der Waals surface area (Å²) in [5.74, 6) is -1.55. The van der Waals surface area contributed by atoms with Crippen molar-refractivity contribution in [1.29, 1.82) is 0 Å². The summed E-state index contributed by atoms with van der Waals surface area (Å²) in [6.45, 7) is -0.0865. The molecule has 1 N–H and O–H groups in total. The largest absolute Gasteiger partial charge is 0.476 e. The monoisotopic (exact) mass is 321 g/mol. The van der Waals surface area contributed by atoms with Crippen molar-refractivity contribution < 1.29 is 18.7 Å². The Balaban J connectivity index is 2.38. The van der Waals surface area contributed by atoms with Crippen LogP contribution in [0.25, 0.3) is 0 Å². The van der Waals surface area contributed by atoms with Gasteiger partial charge in [0.05, 0.1) is 16.6 Å². The maximum absolute atomic E-state index is 12.9. The number of rotatable bonds is 4. The minimum Gasteiger partial charge on any atom is -0.476 e. The van der Waals surface area contributed by atoms with Crippen molar-refractivity contribution in [3.05, 3.63) is 45.2 Å². The van der Waals surface area contributed by atoms with E-state index in [1.807, 2.05) is 0 Å². The Morgan fingerprint density at radius 1 is 1.35 bits per heavy atom. The smallest absolute Gasteiger partial charge is 0.358 e. The average molecular weight is 322 g/mol. The molecular formula is C11H7Cl2F2N3O2. The first-order valence-electron chi connectivity index (χ1n) is 5.29. The van der Waals surface area contributed by atoms with Gasteiger partial charge >= 0.3 is 5.97 Å².